The molecule has 0 saturated heterocycles. The van der Waals surface area contributed by atoms with Crippen LogP contribution < -0.4 is 5.44 Å². The van der Waals surface area contributed by atoms with Gasteiger partial charge in [0.05, 0.1) is 5.44 Å². The highest BCUT2D eigenvalue weighted by Gasteiger charge is 2.04. The van der Waals surface area contributed by atoms with Crippen LogP contribution >= 0.6 is 9.24 Å². The number of nitrogens with zero attached hydrogens (tertiary/aromatic N) is 1. The number of aromatic nitrogens is 1. The first-order chi connectivity index (χ1) is 6.79. The molecule has 0 N–H and O–H groups in total. The summed E-state index contributed by atoms with van der Waals surface area (Å²) in [6.07, 6.45) is 8.36. The first-order valence-corrected chi connectivity index (χ1v) is 6.11. The van der Waals surface area contributed by atoms with E-state index in [-0.39, 0.29) is 0 Å². The van der Waals surface area contributed by atoms with Gasteiger partial charge in [-0.25, -0.2) is 0 Å². The molecule has 1 heterocycles. The van der Waals surface area contributed by atoms with Gasteiger partial charge < -0.3 is 4.57 Å². The van der Waals surface area contributed by atoms with Gasteiger partial charge in [0.2, 0.25) is 0 Å². The van der Waals surface area contributed by atoms with Crippen LogP contribution in [-0.4, -0.2) is 4.57 Å². The standard InChI is InChI=1S/C12H20NP/c1-3-5-7-11-8-10-13(12(11)14)9-6-4-2/h8,10H,3-7,9H2,1-2H3. The molecule has 1 rings (SSSR count). The van der Waals surface area contributed by atoms with Gasteiger partial charge >= 0.3 is 0 Å². The summed E-state index contributed by atoms with van der Waals surface area (Å²) in [5.74, 6) is 0. The smallest absolute Gasteiger partial charge is 0.0545 e. The lowest BCUT2D eigenvalue weighted by molar-refractivity contribution is 0.645. The van der Waals surface area contributed by atoms with Crippen molar-refractivity contribution in [3.05, 3.63) is 17.8 Å². The summed E-state index contributed by atoms with van der Waals surface area (Å²) in [6, 6.07) is 2.22. The summed E-state index contributed by atoms with van der Waals surface area (Å²) >= 11 is 0. The van der Waals surface area contributed by atoms with Crippen molar-refractivity contribution in [2.45, 2.75) is 52.5 Å². The molecule has 0 atom stereocenters. The molecule has 0 aromatic carbocycles. The Balaban J connectivity index is 2.55. The van der Waals surface area contributed by atoms with Gasteiger partial charge in [0.15, 0.2) is 0 Å². The molecule has 14 heavy (non-hydrogen) atoms. The van der Waals surface area contributed by atoms with Crippen molar-refractivity contribution in [1.29, 1.82) is 0 Å². The van der Waals surface area contributed by atoms with Gasteiger partial charge in [-0.3, -0.25) is 0 Å². The van der Waals surface area contributed by atoms with Crippen molar-refractivity contribution in [2.24, 2.45) is 0 Å². The predicted octanol–water partition coefficient (Wildman–Crippen LogP) is 3.67. The van der Waals surface area contributed by atoms with Crippen molar-refractivity contribution in [3.63, 3.8) is 0 Å². The van der Waals surface area contributed by atoms with Crippen molar-refractivity contribution in [3.8, 4) is 0 Å². The number of hydrogen-bond donors (Lipinski definition) is 0. The normalized spacial score (nSPS) is 10.8. The predicted molar refractivity (Wildman–Crippen MR) is 64.5 cm³/mol. The van der Waals surface area contributed by atoms with Gasteiger partial charge in [0.1, 0.15) is 0 Å². The van der Waals surface area contributed by atoms with E-state index in [9.17, 15) is 0 Å². The summed E-state index contributed by atoms with van der Waals surface area (Å²) in [4.78, 5) is 0. The number of aryl methyl sites for hydroxylation is 2. The molecule has 0 saturated carbocycles. The lowest BCUT2D eigenvalue weighted by Crippen LogP contribution is -2.12. The Bertz CT molecular complexity index is 240. The lowest BCUT2D eigenvalue weighted by atomic mass is 10.1. The molecule has 0 amide bonds. The Morgan fingerprint density at radius 3 is 2.57 bits per heavy atom. The van der Waals surface area contributed by atoms with Crippen LogP contribution in [0.3, 0.4) is 0 Å². The third kappa shape index (κ3) is 3.13. The van der Waals surface area contributed by atoms with Crippen molar-refractivity contribution >= 4 is 14.7 Å². The summed E-state index contributed by atoms with van der Waals surface area (Å²) in [7, 11) is 4.57. The Labute approximate surface area is 90.1 Å². The number of rotatable bonds is 6. The molecular formula is C12H20NP. The van der Waals surface area contributed by atoms with E-state index in [0.717, 1.165) is 6.54 Å². The Morgan fingerprint density at radius 1 is 1.21 bits per heavy atom. The largest absolute Gasteiger partial charge is 0.347 e. The Morgan fingerprint density at radius 2 is 1.93 bits per heavy atom. The van der Waals surface area contributed by atoms with E-state index in [1.54, 1.807) is 0 Å². The van der Waals surface area contributed by atoms with Crippen molar-refractivity contribution in [1.82, 2.24) is 4.57 Å². The number of unbranched alkanes of at least 4 members (excludes halogenated alkanes) is 2. The summed E-state index contributed by atoms with van der Waals surface area (Å²) in [5.41, 5.74) is 2.58. The van der Waals surface area contributed by atoms with E-state index in [2.05, 4.69) is 39.9 Å². The van der Waals surface area contributed by atoms with E-state index in [0.29, 0.717) is 0 Å². The molecule has 0 fully saturated rings. The van der Waals surface area contributed by atoms with Crippen molar-refractivity contribution in [2.75, 3.05) is 0 Å². The van der Waals surface area contributed by atoms with Gasteiger partial charge in [-0.2, -0.15) is 0 Å². The fourth-order valence-electron chi connectivity index (χ4n) is 1.58. The molecule has 0 aliphatic rings. The van der Waals surface area contributed by atoms with Gasteiger partial charge in [-0.15, -0.1) is 0 Å². The minimum atomic E-state index is 1.11. The molecule has 78 valence electrons. The first kappa shape index (κ1) is 11.8. The molecule has 1 nitrogen and oxygen atoms in total. The summed E-state index contributed by atoms with van der Waals surface area (Å²) < 4.78 is 2.26. The second-order valence-electron chi connectivity index (χ2n) is 3.82. The number of hydrogen-bond acceptors (Lipinski definition) is 0. The molecular weight excluding hydrogens is 189 g/mol. The zero-order valence-corrected chi connectivity index (χ0v) is 10.2. The molecule has 2 heteroatoms. The van der Waals surface area contributed by atoms with Gasteiger partial charge in [-0.05, 0) is 30.9 Å². The van der Waals surface area contributed by atoms with Crippen LogP contribution in [0.25, 0.3) is 0 Å². The highest BCUT2D eigenvalue weighted by atomic mass is 31.0. The van der Waals surface area contributed by atoms with Crippen LogP contribution in [0.2, 0.25) is 0 Å². The second-order valence-corrected chi connectivity index (χ2v) is 4.24. The van der Waals surface area contributed by atoms with E-state index in [4.69, 9.17) is 0 Å². The molecule has 2 radical (unpaired) electrons. The lowest BCUT2D eigenvalue weighted by Gasteiger charge is -2.05. The first-order valence-electron chi connectivity index (χ1n) is 5.66. The fourth-order valence-corrected chi connectivity index (χ4v) is 1.93. The van der Waals surface area contributed by atoms with E-state index >= 15 is 0 Å². The Hall–Kier alpha value is -0.290. The van der Waals surface area contributed by atoms with Gasteiger partial charge in [0, 0.05) is 22.0 Å². The van der Waals surface area contributed by atoms with E-state index < -0.39 is 0 Å². The topological polar surface area (TPSA) is 4.93 Å². The van der Waals surface area contributed by atoms with E-state index in [1.807, 2.05) is 0 Å². The average molecular weight is 209 g/mol. The van der Waals surface area contributed by atoms with Crippen LogP contribution in [0, 0.1) is 0 Å². The third-order valence-corrected chi connectivity index (χ3v) is 3.11. The molecule has 0 bridgehead atoms. The molecule has 1 aromatic rings. The van der Waals surface area contributed by atoms with Crippen LogP contribution in [0.1, 0.15) is 45.1 Å². The molecule has 0 aliphatic carbocycles. The summed E-state index contributed by atoms with van der Waals surface area (Å²) in [6.45, 7) is 5.56. The highest BCUT2D eigenvalue weighted by molar-refractivity contribution is 7.27. The molecule has 0 unspecified atom stereocenters. The van der Waals surface area contributed by atoms with Crippen LogP contribution in [-0.2, 0) is 13.0 Å². The monoisotopic (exact) mass is 209 g/mol. The van der Waals surface area contributed by atoms with Gasteiger partial charge in [0.25, 0.3) is 0 Å². The quantitative estimate of drug-likeness (QED) is 0.630. The maximum atomic E-state index is 4.57. The Kier molecular flexibility index (Phi) is 5.25. The zero-order chi connectivity index (χ0) is 10.4. The summed E-state index contributed by atoms with van der Waals surface area (Å²) in [5, 5.41) is 0. The third-order valence-electron chi connectivity index (χ3n) is 2.57. The second kappa shape index (κ2) is 6.24. The molecule has 1 aromatic heterocycles. The maximum absolute atomic E-state index is 4.57. The molecule has 0 aliphatic heterocycles. The minimum Gasteiger partial charge on any atom is -0.347 e. The molecule has 0 spiro atoms. The highest BCUT2D eigenvalue weighted by Crippen LogP contribution is 2.08. The SMILES string of the molecule is CCCCc1ccn(CCCC)c1[P]. The minimum absolute atomic E-state index is 1.11. The van der Waals surface area contributed by atoms with Crippen LogP contribution in [0.15, 0.2) is 12.3 Å². The van der Waals surface area contributed by atoms with Crippen LogP contribution in [0.4, 0.5) is 0 Å². The average Bonchev–Trinajstić information content (AvgIpc) is 2.54. The van der Waals surface area contributed by atoms with E-state index in [1.165, 1.54) is 43.1 Å². The van der Waals surface area contributed by atoms with Gasteiger partial charge in [-0.1, -0.05) is 26.7 Å². The van der Waals surface area contributed by atoms with Crippen molar-refractivity contribution < 1.29 is 0 Å². The fraction of sp³-hybridized carbons (Fsp3) is 0.667. The maximum Gasteiger partial charge on any atom is 0.0545 e. The van der Waals surface area contributed by atoms with Crippen LogP contribution in [0.5, 0.6) is 0 Å². The zero-order valence-electron chi connectivity index (χ0n) is 9.29.